The van der Waals surface area contributed by atoms with Crippen LogP contribution in [-0.4, -0.2) is 14.5 Å². The number of para-hydroxylation sites is 2. The molecule has 4 rings (SSSR count). The van der Waals surface area contributed by atoms with Gasteiger partial charge in [-0.2, -0.15) is 0 Å². The van der Waals surface area contributed by atoms with Crippen LogP contribution in [-0.2, 0) is 0 Å². The van der Waals surface area contributed by atoms with Crippen molar-refractivity contribution in [1.82, 2.24) is 14.5 Å². The monoisotopic (exact) mass is 309 g/mol. The second kappa shape index (κ2) is 4.72. The van der Waals surface area contributed by atoms with Crippen LogP contribution in [0.25, 0.3) is 27.2 Å². The lowest BCUT2D eigenvalue weighted by Crippen LogP contribution is -1.96. The average molecular weight is 309 g/mol. The third-order valence-corrected chi connectivity index (χ3v) is 4.62. The maximum atomic E-state index is 5.52. The maximum absolute atomic E-state index is 5.52. The number of aryl methyl sites for hydroxylation is 1. The van der Waals surface area contributed by atoms with Crippen LogP contribution in [0.4, 0.5) is 0 Å². The van der Waals surface area contributed by atoms with E-state index >= 15 is 0 Å². The summed E-state index contributed by atoms with van der Waals surface area (Å²) in [5.41, 5.74) is 4.85. The molecule has 0 unspecified atom stereocenters. The van der Waals surface area contributed by atoms with Gasteiger partial charge in [0.15, 0.2) is 14.4 Å². The van der Waals surface area contributed by atoms with Crippen LogP contribution in [0.1, 0.15) is 5.56 Å². The van der Waals surface area contributed by atoms with Crippen LogP contribution in [0.5, 0.6) is 0 Å². The Morgan fingerprint density at radius 2 is 1.76 bits per heavy atom. The molecule has 0 aliphatic heterocycles. The van der Waals surface area contributed by atoms with Crippen molar-refractivity contribution in [3.05, 3.63) is 58.0 Å². The van der Waals surface area contributed by atoms with Gasteiger partial charge in [0.1, 0.15) is 0 Å². The van der Waals surface area contributed by atoms with Gasteiger partial charge >= 0.3 is 0 Å². The zero-order valence-electron chi connectivity index (χ0n) is 11.3. The highest BCUT2D eigenvalue weighted by atomic mass is 32.1. The molecular weight excluding hydrogens is 298 g/mol. The number of thiazole rings is 1. The molecule has 0 spiro atoms. The van der Waals surface area contributed by atoms with E-state index in [9.17, 15) is 0 Å². The third-order valence-electron chi connectivity index (χ3n) is 3.36. The Morgan fingerprint density at radius 3 is 2.52 bits per heavy atom. The molecule has 3 nitrogen and oxygen atoms in total. The fraction of sp³-hybridized carbons (Fsp3) is 0.0625. The first-order chi connectivity index (χ1) is 10.2. The molecule has 2 heterocycles. The van der Waals surface area contributed by atoms with Gasteiger partial charge in [0.25, 0.3) is 0 Å². The van der Waals surface area contributed by atoms with Crippen LogP contribution >= 0.6 is 23.6 Å². The predicted octanol–water partition coefficient (Wildman–Crippen LogP) is 4.67. The van der Waals surface area contributed by atoms with Gasteiger partial charge in [0, 0.05) is 5.69 Å². The van der Waals surface area contributed by atoms with Crippen molar-refractivity contribution < 1.29 is 0 Å². The lowest BCUT2D eigenvalue weighted by atomic mass is 10.2. The molecule has 102 valence electrons. The van der Waals surface area contributed by atoms with Crippen molar-refractivity contribution in [2.24, 2.45) is 0 Å². The Kier molecular flexibility index (Phi) is 2.83. The lowest BCUT2D eigenvalue weighted by molar-refractivity contribution is 1.08. The van der Waals surface area contributed by atoms with Crippen LogP contribution < -0.4 is 0 Å². The minimum Gasteiger partial charge on any atom is -0.274 e. The van der Waals surface area contributed by atoms with E-state index in [1.807, 2.05) is 41.0 Å². The molecule has 0 bridgehead atoms. The number of hydrogen-bond acceptors (Lipinski definition) is 4. The zero-order valence-corrected chi connectivity index (χ0v) is 12.9. The largest absolute Gasteiger partial charge is 0.274 e. The van der Waals surface area contributed by atoms with E-state index in [0.29, 0.717) is 0 Å². The molecule has 5 heteroatoms. The summed E-state index contributed by atoms with van der Waals surface area (Å²) < 4.78 is 2.77. The Labute approximate surface area is 130 Å². The number of benzene rings is 2. The summed E-state index contributed by atoms with van der Waals surface area (Å²) in [6.45, 7) is 2.07. The predicted molar refractivity (Wildman–Crippen MR) is 89.8 cm³/mol. The molecule has 0 saturated carbocycles. The summed E-state index contributed by atoms with van der Waals surface area (Å²) in [5.74, 6) is 0. The zero-order chi connectivity index (χ0) is 14.4. The highest BCUT2D eigenvalue weighted by molar-refractivity contribution is 7.73. The van der Waals surface area contributed by atoms with Gasteiger partial charge in [0.2, 0.25) is 0 Å². The van der Waals surface area contributed by atoms with Gasteiger partial charge in [-0.05, 0) is 49.0 Å². The summed E-state index contributed by atoms with van der Waals surface area (Å²) >= 11 is 7.02. The van der Waals surface area contributed by atoms with Gasteiger partial charge in [0.05, 0.1) is 11.0 Å². The minimum atomic E-state index is 0.769. The molecule has 0 amide bonds. The van der Waals surface area contributed by atoms with E-state index in [4.69, 9.17) is 17.2 Å². The summed E-state index contributed by atoms with van der Waals surface area (Å²) in [6.07, 6.45) is 0. The van der Waals surface area contributed by atoms with Crippen molar-refractivity contribution in [2.75, 3.05) is 0 Å². The van der Waals surface area contributed by atoms with Gasteiger partial charge in [-0.3, -0.25) is 4.57 Å². The molecule has 0 aliphatic rings. The van der Waals surface area contributed by atoms with Gasteiger partial charge in [-0.1, -0.05) is 35.6 Å². The SMILES string of the molecule is Cc1cccc(-n2c(=S)sc3nc4ccccc4nc32)c1. The fourth-order valence-corrected chi connectivity index (χ4v) is 3.65. The fourth-order valence-electron chi connectivity index (χ4n) is 2.40. The van der Waals surface area contributed by atoms with E-state index in [1.165, 1.54) is 16.9 Å². The van der Waals surface area contributed by atoms with Gasteiger partial charge in [-0.25, -0.2) is 9.97 Å². The number of rotatable bonds is 1. The van der Waals surface area contributed by atoms with Gasteiger partial charge in [-0.15, -0.1) is 0 Å². The van der Waals surface area contributed by atoms with E-state index < -0.39 is 0 Å². The first kappa shape index (κ1) is 12.6. The normalized spacial score (nSPS) is 11.3. The van der Waals surface area contributed by atoms with E-state index in [1.54, 1.807) is 0 Å². The standard InChI is InChI=1S/C16H11N3S2/c1-10-5-4-6-11(9-10)19-14-15(21-16(19)20)18-13-8-3-2-7-12(13)17-14/h2-9H,1H3. The Bertz CT molecular complexity index is 1030. The number of aromatic nitrogens is 3. The first-order valence-electron chi connectivity index (χ1n) is 6.58. The molecule has 2 aromatic heterocycles. The number of hydrogen-bond donors (Lipinski definition) is 0. The molecule has 0 aliphatic carbocycles. The van der Waals surface area contributed by atoms with Crippen LogP contribution in [0.2, 0.25) is 0 Å². The number of nitrogens with zero attached hydrogens (tertiary/aromatic N) is 3. The smallest absolute Gasteiger partial charge is 0.176 e. The second-order valence-corrected chi connectivity index (χ2v) is 6.51. The van der Waals surface area contributed by atoms with Crippen molar-refractivity contribution in [1.29, 1.82) is 0 Å². The molecule has 2 aromatic carbocycles. The van der Waals surface area contributed by atoms with E-state index in [0.717, 1.165) is 31.2 Å². The Morgan fingerprint density at radius 1 is 1.00 bits per heavy atom. The molecule has 0 radical (unpaired) electrons. The molecule has 0 saturated heterocycles. The average Bonchev–Trinajstić information content (AvgIpc) is 2.79. The molecule has 4 aromatic rings. The summed E-state index contributed by atoms with van der Waals surface area (Å²) in [7, 11) is 0. The van der Waals surface area contributed by atoms with Crippen LogP contribution in [0, 0.1) is 10.9 Å². The second-order valence-electron chi connectivity index (χ2n) is 4.88. The summed E-state index contributed by atoms with van der Waals surface area (Å²) in [4.78, 5) is 10.3. The summed E-state index contributed by atoms with van der Waals surface area (Å²) in [6, 6.07) is 16.2. The van der Waals surface area contributed by atoms with Crippen LogP contribution in [0.3, 0.4) is 0 Å². The molecule has 0 N–H and O–H groups in total. The quantitative estimate of drug-likeness (QED) is 0.479. The highest BCUT2D eigenvalue weighted by Crippen LogP contribution is 2.26. The number of fused-ring (bicyclic) bond motifs is 2. The topological polar surface area (TPSA) is 30.7 Å². The molecule has 0 atom stereocenters. The first-order valence-corrected chi connectivity index (χ1v) is 7.80. The van der Waals surface area contributed by atoms with Gasteiger partial charge < -0.3 is 0 Å². The molecule has 0 fully saturated rings. The Balaban J connectivity index is 2.11. The summed E-state index contributed by atoms with van der Waals surface area (Å²) in [5, 5.41) is 0. The Hall–Kier alpha value is -2.11. The highest BCUT2D eigenvalue weighted by Gasteiger charge is 2.11. The van der Waals surface area contributed by atoms with Crippen LogP contribution in [0.15, 0.2) is 48.5 Å². The van der Waals surface area contributed by atoms with Crippen molar-refractivity contribution in [2.45, 2.75) is 6.92 Å². The molecular formula is C16H11N3S2. The lowest BCUT2D eigenvalue weighted by Gasteiger charge is -2.05. The molecule has 21 heavy (non-hydrogen) atoms. The third kappa shape index (κ3) is 2.05. The van der Waals surface area contributed by atoms with E-state index in [2.05, 4.69) is 24.0 Å². The van der Waals surface area contributed by atoms with E-state index in [-0.39, 0.29) is 0 Å². The van der Waals surface area contributed by atoms with Crippen molar-refractivity contribution in [3.8, 4) is 5.69 Å². The van der Waals surface area contributed by atoms with Crippen molar-refractivity contribution >= 4 is 45.1 Å². The minimum absolute atomic E-state index is 0.769. The maximum Gasteiger partial charge on any atom is 0.176 e. The van der Waals surface area contributed by atoms with Crippen molar-refractivity contribution in [3.63, 3.8) is 0 Å².